The average molecular weight is 565 g/mol. The molecule has 0 unspecified atom stereocenters. The lowest BCUT2D eigenvalue weighted by Crippen LogP contribution is -2.12. The van der Waals surface area contributed by atoms with Crippen LogP contribution in [0, 0.1) is 0 Å². The Labute approximate surface area is 231 Å². The van der Waals surface area contributed by atoms with E-state index in [0.717, 1.165) is 33.3 Å². The summed E-state index contributed by atoms with van der Waals surface area (Å²) in [5.74, 6) is -1.44. The smallest absolute Gasteiger partial charge is 0.328 e. The van der Waals surface area contributed by atoms with E-state index in [1.54, 1.807) is 0 Å². The first-order valence-corrected chi connectivity index (χ1v) is 13.5. The van der Waals surface area contributed by atoms with E-state index in [9.17, 15) is 9.59 Å². The van der Waals surface area contributed by atoms with Crippen molar-refractivity contribution in [2.45, 2.75) is 25.7 Å². The maximum Gasteiger partial charge on any atom is 0.328 e. The Kier molecular flexibility index (Phi) is 13.4. The third kappa shape index (κ3) is 11.5. The van der Waals surface area contributed by atoms with E-state index in [-0.39, 0.29) is 0 Å². The standard InChI is InChI=1S/C23H27Cl2N3S.C4H4O4/c1-28(2)13-7-3-4-8-14-29-22-16-26-23(18-9-5-6-10-20(18)25)19-15-17(24)11-12-21(19)27-22;5-3(6)1-2-4(7)8/h5-6,9-12,15H,3-4,7-8,13-14,16H2,1-2H3;1-2H,(H,5,6)(H,7,8)/b;2-1-. The number of aliphatic imine (C=N–C) groups is 2. The zero-order valence-corrected chi connectivity index (χ0v) is 23.2. The predicted molar refractivity (Wildman–Crippen MR) is 154 cm³/mol. The van der Waals surface area contributed by atoms with Gasteiger partial charge in [0, 0.05) is 33.3 Å². The van der Waals surface area contributed by atoms with Crippen LogP contribution in [0.3, 0.4) is 0 Å². The average Bonchev–Trinajstić information content (AvgIpc) is 3.02. The number of thioether (sulfide) groups is 1. The summed E-state index contributed by atoms with van der Waals surface area (Å²) in [6.45, 7) is 1.73. The molecule has 7 nitrogen and oxygen atoms in total. The van der Waals surface area contributed by atoms with Gasteiger partial charge in [-0.3, -0.25) is 4.99 Å². The van der Waals surface area contributed by atoms with Crippen LogP contribution >= 0.6 is 35.0 Å². The number of unbranched alkanes of at least 4 members (excludes halogenated alkanes) is 3. The molecule has 1 heterocycles. The fraction of sp³-hybridized carbons (Fsp3) is 0.333. The van der Waals surface area contributed by atoms with Crippen molar-refractivity contribution in [1.82, 2.24) is 4.90 Å². The molecule has 0 aromatic heterocycles. The van der Waals surface area contributed by atoms with Gasteiger partial charge in [-0.15, -0.1) is 11.8 Å². The molecule has 0 aliphatic carbocycles. The zero-order valence-electron chi connectivity index (χ0n) is 20.9. The molecule has 1 aliphatic heterocycles. The molecular weight excluding hydrogens is 533 g/mol. The van der Waals surface area contributed by atoms with Crippen LogP contribution in [0.25, 0.3) is 0 Å². The summed E-state index contributed by atoms with van der Waals surface area (Å²) < 4.78 is 0. The minimum Gasteiger partial charge on any atom is -0.478 e. The molecule has 0 fully saturated rings. The molecule has 2 aromatic rings. The van der Waals surface area contributed by atoms with Crippen molar-refractivity contribution in [3.05, 3.63) is 75.8 Å². The third-order valence-electron chi connectivity index (χ3n) is 5.10. The van der Waals surface area contributed by atoms with E-state index in [2.05, 4.69) is 19.0 Å². The van der Waals surface area contributed by atoms with E-state index in [4.69, 9.17) is 43.4 Å². The van der Waals surface area contributed by atoms with Crippen molar-refractivity contribution in [2.24, 2.45) is 9.98 Å². The van der Waals surface area contributed by atoms with Gasteiger partial charge in [0.25, 0.3) is 0 Å². The number of benzene rings is 2. The minimum atomic E-state index is -1.26. The van der Waals surface area contributed by atoms with Crippen LogP contribution in [0.5, 0.6) is 0 Å². The molecule has 2 N–H and O–H groups in total. The van der Waals surface area contributed by atoms with Crippen LogP contribution in [0.15, 0.2) is 64.6 Å². The maximum absolute atomic E-state index is 9.55. The number of carbonyl (C=O) groups is 2. The number of fused-ring (bicyclic) bond motifs is 1. The van der Waals surface area contributed by atoms with Gasteiger partial charge in [-0.05, 0) is 63.5 Å². The first-order valence-electron chi connectivity index (χ1n) is 11.8. The van der Waals surface area contributed by atoms with Gasteiger partial charge < -0.3 is 15.1 Å². The van der Waals surface area contributed by atoms with E-state index in [1.807, 2.05) is 54.2 Å². The quantitative estimate of drug-likeness (QED) is 0.254. The monoisotopic (exact) mass is 563 g/mol. The Morgan fingerprint density at radius 2 is 1.65 bits per heavy atom. The second-order valence-corrected chi connectivity index (χ2v) is 10.4. The Balaban J connectivity index is 0.000000521. The number of hydrogen-bond donors (Lipinski definition) is 2. The normalized spacial score (nSPS) is 12.8. The van der Waals surface area contributed by atoms with Crippen molar-refractivity contribution >= 4 is 63.3 Å². The molecule has 10 heteroatoms. The van der Waals surface area contributed by atoms with E-state index >= 15 is 0 Å². The summed E-state index contributed by atoms with van der Waals surface area (Å²) in [6, 6.07) is 13.6. The Morgan fingerprint density at radius 1 is 0.973 bits per heavy atom. The Morgan fingerprint density at radius 3 is 2.30 bits per heavy atom. The van der Waals surface area contributed by atoms with Gasteiger partial charge in [-0.25, -0.2) is 14.6 Å². The van der Waals surface area contributed by atoms with Crippen LogP contribution in [0.4, 0.5) is 5.69 Å². The minimum absolute atomic E-state index is 0.558. The predicted octanol–water partition coefficient (Wildman–Crippen LogP) is 6.44. The topological polar surface area (TPSA) is 103 Å². The highest BCUT2D eigenvalue weighted by Crippen LogP contribution is 2.32. The van der Waals surface area contributed by atoms with E-state index < -0.39 is 11.9 Å². The van der Waals surface area contributed by atoms with Crippen LogP contribution in [-0.2, 0) is 9.59 Å². The van der Waals surface area contributed by atoms with Crippen molar-refractivity contribution < 1.29 is 19.8 Å². The Hall–Kier alpha value is -2.65. The summed E-state index contributed by atoms with van der Waals surface area (Å²) in [4.78, 5) is 31.1. The fourth-order valence-electron chi connectivity index (χ4n) is 3.37. The number of rotatable bonds is 10. The molecule has 0 atom stereocenters. The molecule has 198 valence electrons. The largest absolute Gasteiger partial charge is 0.478 e. The highest BCUT2D eigenvalue weighted by molar-refractivity contribution is 8.14. The highest BCUT2D eigenvalue weighted by Gasteiger charge is 2.18. The lowest BCUT2D eigenvalue weighted by molar-refractivity contribution is -0.134. The molecule has 0 amide bonds. The number of nitrogens with zero attached hydrogens (tertiary/aromatic N) is 3. The molecule has 0 saturated heterocycles. The molecule has 0 saturated carbocycles. The van der Waals surface area contributed by atoms with Gasteiger partial charge in [-0.2, -0.15) is 0 Å². The molecule has 0 spiro atoms. The van der Waals surface area contributed by atoms with Crippen LogP contribution in [0.2, 0.25) is 10.0 Å². The molecule has 37 heavy (non-hydrogen) atoms. The summed E-state index contributed by atoms with van der Waals surface area (Å²) in [7, 11) is 4.25. The lowest BCUT2D eigenvalue weighted by atomic mass is 10.0. The van der Waals surface area contributed by atoms with Gasteiger partial charge >= 0.3 is 11.9 Å². The second kappa shape index (κ2) is 16.2. The molecule has 0 radical (unpaired) electrons. The summed E-state index contributed by atoms with van der Waals surface area (Å²) in [5.41, 5.74) is 3.61. The summed E-state index contributed by atoms with van der Waals surface area (Å²) >= 11 is 14.5. The number of hydrogen-bond acceptors (Lipinski definition) is 6. The van der Waals surface area contributed by atoms with Crippen molar-refractivity contribution in [3.63, 3.8) is 0 Å². The summed E-state index contributed by atoms with van der Waals surface area (Å²) in [6.07, 6.45) is 6.12. The zero-order chi connectivity index (χ0) is 27.2. The van der Waals surface area contributed by atoms with Crippen molar-refractivity contribution in [1.29, 1.82) is 0 Å². The van der Waals surface area contributed by atoms with Gasteiger partial charge in [0.05, 0.1) is 23.0 Å². The summed E-state index contributed by atoms with van der Waals surface area (Å²) in [5, 5.41) is 18.0. The number of carboxylic acids is 2. The molecular formula is C27H31Cl2N3O4S. The van der Waals surface area contributed by atoms with Crippen LogP contribution in [0.1, 0.15) is 36.8 Å². The van der Waals surface area contributed by atoms with Crippen molar-refractivity contribution in [2.75, 3.05) is 32.9 Å². The number of aliphatic carboxylic acids is 2. The third-order valence-corrected chi connectivity index (χ3v) is 6.71. The number of carboxylic acid groups (broad SMARTS) is 2. The van der Waals surface area contributed by atoms with Gasteiger partial charge in [0.1, 0.15) is 0 Å². The van der Waals surface area contributed by atoms with Gasteiger partial charge in [-0.1, -0.05) is 54.2 Å². The van der Waals surface area contributed by atoms with Gasteiger partial charge in [0.15, 0.2) is 0 Å². The fourth-order valence-corrected chi connectivity index (χ4v) is 4.67. The Bertz CT molecular complexity index is 1150. The van der Waals surface area contributed by atoms with Gasteiger partial charge in [0.2, 0.25) is 0 Å². The van der Waals surface area contributed by atoms with E-state index in [0.29, 0.717) is 28.7 Å². The molecule has 0 bridgehead atoms. The van der Waals surface area contributed by atoms with Crippen molar-refractivity contribution in [3.8, 4) is 0 Å². The van der Waals surface area contributed by atoms with Crippen LogP contribution < -0.4 is 0 Å². The lowest BCUT2D eigenvalue weighted by Gasteiger charge is -2.10. The SMILES string of the molecule is CN(C)CCCCCCSC1=Nc2ccc(Cl)cc2C(c2ccccc2Cl)=NC1.O=C(O)/C=C\C(=O)O. The molecule has 2 aromatic carbocycles. The molecule has 1 aliphatic rings. The van der Waals surface area contributed by atoms with Crippen LogP contribution in [-0.4, -0.2) is 70.7 Å². The first-order chi connectivity index (χ1) is 17.7. The van der Waals surface area contributed by atoms with E-state index in [1.165, 1.54) is 32.2 Å². The highest BCUT2D eigenvalue weighted by atomic mass is 35.5. The first kappa shape index (κ1) is 30.6. The second-order valence-electron chi connectivity index (χ2n) is 8.39. The number of halogens is 2. The molecule has 3 rings (SSSR count). The maximum atomic E-state index is 9.55.